The second kappa shape index (κ2) is 8.28. The van der Waals surface area contributed by atoms with E-state index in [-0.39, 0.29) is 10.6 Å². The zero-order valence-electron chi connectivity index (χ0n) is 14.1. The first-order chi connectivity index (χ1) is 12.2. The molecule has 0 bridgehead atoms. The Hall–Kier alpha value is -2.46. The van der Waals surface area contributed by atoms with Gasteiger partial charge in [-0.15, -0.1) is 5.06 Å². The molecule has 1 aliphatic heterocycles. The van der Waals surface area contributed by atoms with Crippen molar-refractivity contribution in [2.45, 2.75) is 37.9 Å². The van der Waals surface area contributed by atoms with E-state index in [0.717, 1.165) is 19.3 Å². The highest BCUT2D eigenvalue weighted by molar-refractivity contribution is 7.87. The van der Waals surface area contributed by atoms with Crippen molar-refractivity contribution in [3.63, 3.8) is 0 Å². The number of hydrogen-bond acceptors (Lipinski definition) is 7. The minimum atomic E-state index is -4.76. The van der Waals surface area contributed by atoms with E-state index < -0.39 is 39.6 Å². The summed E-state index contributed by atoms with van der Waals surface area (Å²) < 4.78 is 36.5. The Kier molecular flexibility index (Phi) is 6.32. The molecule has 1 aromatic carbocycles. The lowest BCUT2D eigenvalue weighted by atomic mass is 10.2. The fourth-order valence-corrected chi connectivity index (χ4v) is 2.98. The summed E-state index contributed by atoms with van der Waals surface area (Å²) in [7, 11) is -4.76. The lowest BCUT2D eigenvalue weighted by molar-refractivity contribution is -0.172. The van der Waals surface area contributed by atoms with E-state index in [2.05, 4.69) is 11.8 Å². The van der Waals surface area contributed by atoms with Crippen LogP contribution in [0.4, 0.5) is 0 Å². The highest BCUT2D eigenvalue weighted by atomic mass is 32.2. The zero-order valence-corrected chi connectivity index (χ0v) is 14.9. The van der Waals surface area contributed by atoms with Crippen molar-refractivity contribution in [2.75, 3.05) is 6.61 Å². The van der Waals surface area contributed by atoms with Crippen LogP contribution < -0.4 is 4.74 Å². The number of hydrogen-bond donors (Lipinski definition) is 1. The third-order valence-electron chi connectivity index (χ3n) is 3.70. The summed E-state index contributed by atoms with van der Waals surface area (Å²) in [5, 5.41) is -1.89. The molecular formula is C16H19NO8S. The van der Waals surface area contributed by atoms with Gasteiger partial charge in [-0.05, 0) is 30.7 Å². The smallest absolute Gasteiger partial charge is 0.363 e. The van der Waals surface area contributed by atoms with Gasteiger partial charge in [-0.1, -0.05) is 19.8 Å². The Morgan fingerprint density at radius 1 is 1.23 bits per heavy atom. The number of ether oxygens (including phenoxy) is 1. The molecular weight excluding hydrogens is 366 g/mol. The van der Waals surface area contributed by atoms with Crippen LogP contribution in [-0.4, -0.2) is 47.7 Å². The highest BCUT2D eigenvalue weighted by Crippen LogP contribution is 2.21. The molecule has 1 fully saturated rings. The first kappa shape index (κ1) is 19.9. The maximum absolute atomic E-state index is 12.0. The molecule has 0 saturated carbocycles. The van der Waals surface area contributed by atoms with Crippen LogP contribution in [0, 0.1) is 0 Å². The predicted octanol–water partition coefficient (Wildman–Crippen LogP) is 1.34. The van der Waals surface area contributed by atoms with Crippen LogP contribution in [0.1, 0.15) is 43.0 Å². The molecule has 0 spiro atoms. The monoisotopic (exact) mass is 385 g/mol. The Labute approximate surface area is 150 Å². The standard InChI is InChI=1S/C16H19NO8S/c1-2-3-4-9-24-12-7-5-11(6-8-12)16(20)25-17-14(18)10-13(15(17)19)26(21,22)23/h5-8,13H,2-4,9-10H2,1H3,(H,21,22,23). The Balaban J connectivity index is 1.97. The van der Waals surface area contributed by atoms with Gasteiger partial charge in [0.2, 0.25) is 0 Å². The number of rotatable bonds is 8. The summed E-state index contributed by atoms with van der Waals surface area (Å²) in [4.78, 5) is 40.2. The summed E-state index contributed by atoms with van der Waals surface area (Å²) >= 11 is 0. The molecule has 10 heteroatoms. The number of carbonyl (C=O) groups excluding carboxylic acids is 3. The summed E-state index contributed by atoms with van der Waals surface area (Å²) in [6.45, 7) is 2.62. The number of benzene rings is 1. The molecule has 1 N–H and O–H groups in total. The van der Waals surface area contributed by atoms with Crippen LogP contribution in [0.3, 0.4) is 0 Å². The maximum Gasteiger partial charge on any atom is 0.363 e. The molecule has 0 radical (unpaired) electrons. The van der Waals surface area contributed by atoms with E-state index in [1.807, 2.05) is 0 Å². The van der Waals surface area contributed by atoms with E-state index in [4.69, 9.17) is 9.29 Å². The average Bonchev–Trinajstić information content (AvgIpc) is 2.87. The summed E-state index contributed by atoms with van der Waals surface area (Å²) in [6, 6.07) is 5.86. The van der Waals surface area contributed by atoms with Gasteiger partial charge in [0.15, 0.2) is 5.25 Å². The molecule has 1 atom stereocenters. The summed E-state index contributed by atoms with van der Waals surface area (Å²) in [6.07, 6.45) is 2.25. The van der Waals surface area contributed by atoms with Gasteiger partial charge in [-0.2, -0.15) is 8.42 Å². The quantitative estimate of drug-likeness (QED) is 0.403. The van der Waals surface area contributed by atoms with Crippen LogP contribution in [0.15, 0.2) is 24.3 Å². The van der Waals surface area contributed by atoms with Gasteiger partial charge in [-0.3, -0.25) is 14.1 Å². The molecule has 0 aromatic heterocycles. The number of unbranched alkanes of at least 4 members (excludes halogenated alkanes) is 2. The van der Waals surface area contributed by atoms with Gasteiger partial charge < -0.3 is 9.57 Å². The van der Waals surface area contributed by atoms with Crippen LogP contribution in [0.5, 0.6) is 5.75 Å². The van der Waals surface area contributed by atoms with E-state index in [1.165, 1.54) is 24.3 Å². The molecule has 2 amide bonds. The van der Waals surface area contributed by atoms with E-state index in [0.29, 0.717) is 12.4 Å². The highest BCUT2D eigenvalue weighted by Gasteiger charge is 2.48. The van der Waals surface area contributed by atoms with Crippen molar-refractivity contribution in [3.8, 4) is 5.75 Å². The SMILES string of the molecule is CCCCCOc1ccc(C(=O)ON2C(=O)CC(S(=O)(=O)O)C2=O)cc1. The Morgan fingerprint density at radius 2 is 1.88 bits per heavy atom. The Bertz CT molecular complexity index is 787. The summed E-state index contributed by atoms with van der Waals surface area (Å²) in [5.41, 5.74) is 0.0433. The Morgan fingerprint density at radius 3 is 2.42 bits per heavy atom. The van der Waals surface area contributed by atoms with Gasteiger partial charge in [0.05, 0.1) is 18.6 Å². The maximum atomic E-state index is 12.0. The van der Waals surface area contributed by atoms with Crippen molar-refractivity contribution >= 4 is 27.9 Å². The number of amides is 2. The van der Waals surface area contributed by atoms with Crippen molar-refractivity contribution in [1.82, 2.24) is 5.06 Å². The van der Waals surface area contributed by atoms with Crippen molar-refractivity contribution in [1.29, 1.82) is 0 Å². The van der Waals surface area contributed by atoms with Gasteiger partial charge in [0.25, 0.3) is 21.9 Å². The molecule has 1 heterocycles. The molecule has 0 aliphatic carbocycles. The lowest BCUT2D eigenvalue weighted by Crippen LogP contribution is -2.36. The van der Waals surface area contributed by atoms with Crippen LogP contribution >= 0.6 is 0 Å². The first-order valence-corrected chi connectivity index (χ1v) is 9.52. The molecule has 26 heavy (non-hydrogen) atoms. The largest absolute Gasteiger partial charge is 0.494 e. The number of imide groups is 1. The van der Waals surface area contributed by atoms with Crippen molar-refractivity contribution in [2.24, 2.45) is 0 Å². The van der Waals surface area contributed by atoms with Crippen molar-refractivity contribution in [3.05, 3.63) is 29.8 Å². The van der Waals surface area contributed by atoms with Gasteiger partial charge in [-0.25, -0.2) is 4.79 Å². The molecule has 9 nitrogen and oxygen atoms in total. The van der Waals surface area contributed by atoms with Crippen molar-refractivity contribution < 1.29 is 36.9 Å². The fourth-order valence-electron chi connectivity index (χ4n) is 2.28. The average molecular weight is 385 g/mol. The first-order valence-electron chi connectivity index (χ1n) is 8.02. The van der Waals surface area contributed by atoms with Crippen LogP contribution in [-0.2, 0) is 24.5 Å². The minimum absolute atomic E-state index is 0.0433. The van der Waals surface area contributed by atoms with Gasteiger partial charge >= 0.3 is 5.97 Å². The third kappa shape index (κ3) is 4.79. The number of hydroxylamine groups is 2. The van der Waals surface area contributed by atoms with Crippen LogP contribution in [0.25, 0.3) is 0 Å². The molecule has 1 aromatic rings. The minimum Gasteiger partial charge on any atom is -0.494 e. The van der Waals surface area contributed by atoms with E-state index >= 15 is 0 Å². The lowest BCUT2D eigenvalue weighted by Gasteiger charge is -2.13. The molecule has 1 aliphatic rings. The normalized spacial score (nSPS) is 17.5. The van der Waals surface area contributed by atoms with E-state index in [1.54, 1.807) is 0 Å². The topological polar surface area (TPSA) is 127 Å². The van der Waals surface area contributed by atoms with E-state index in [9.17, 15) is 22.8 Å². The summed E-state index contributed by atoms with van der Waals surface area (Å²) in [5.74, 6) is -2.79. The number of carbonyl (C=O) groups is 3. The predicted molar refractivity (Wildman–Crippen MR) is 88.7 cm³/mol. The van der Waals surface area contributed by atoms with Crippen LogP contribution in [0.2, 0.25) is 0 Å². The molecule has 1 saturated heterocycles. The third-order valence-corrected chi connectivity index (χ3v) is 4.79. The second-order valence-corrected chi connectivity index (χ2v) is 7.29. The molecule has 142 valence electrons. The van der Waals surface area contributed by atoms with Gasteiger partial charge in [0, 0.05) is 0 Å². The zero-order chi connectivity index (χ0) is 19.3. The molecule has 1 unspecified atom stereocenters. The van der Waals surface area contributed by atoms with Gasteiger partial charge in [0.1, 0.15) is 5.75 Å². The fraction of sp³-hybridized carbons (Fsp3) is 0.438. The molecule has 2 rings (SSSR count). The number of nitrogens with zero attached hydrogens (tertiary/aromatic N) is 1. The second-order valence-electron chi connectivity index (χ2n) is 5.69.